The molecule has 0 bridgehead atoms. The molecule has 1 aliphatic rings. The number of likely N-dealkylation sites (tertiary alicyclic amines) is 1. The van der Waals surface area contributed by atoms with E-state index in [0.29, 0.717) is 6.54 Å². The number of aromatic amines is 1. The first-order valence-corrected chi connectivity index (χ1v) is 8.83. The van der Waals surface area contributed by atoms with Crippen molar-refractivity contribution in [1.82, 2.24) is 9.88 Å². The van der Waals surface area contributed by atoms with Gasteiger partial charge in [0.1, 0.15) is 11.3 Å². The van der Waals surface area contributed by atoms with Crippen LogP contribution in [0.4, 0.5) is 0 Å². The van der Waals surface area contributed by atoms with Gasteiger partial charge in [0.25, 0.3) is 5.91 Å². The predicted molar refractivity (Wildman–Crippen MR) is 96.9 cm³/mol. The maximum atomic E-state index is 12.9. The number of piperidine rings is 1. The Hall–Kier alpha value is -2.56. The van der Waals surface area contributed by atoms with E-state index < -0.39 is 0 Å². The average Bonchev–Trinajstić information content (AvgIpc) is 2.61. The van der Waals surface area contributed by atoms with Crippen molar-refractivity contribution < 1.29 is 9.90 Å². The minimum absolute atomic E-state index is 0.149. The second kappa shape index (κ2) is 7.55. The standard InChI is InChI=1S/C20H24N2O3/c1-14-12-19(24)18(13-21-14)20(25)22-11-3-2-4-16(22)8-5-15-6-9-17(23)10-7-15/h6-7,9-10,12-13,16,23H,2-5,8,11H2,1H3,(H,21,24)/t16-/m1/s1. The smallest absolute Gasteiger partial charge is 0.259 e. The van der Waals surface area contributed by atoms with Crippen LogP contribution in [0.15, 0.2) is 41.3 Å². The van der Waals surface area contributed by atoms with Gasteiger partial charge < -0.3 is 15.0 Å². The van der Waals surface area contributed by atoms with Gasteiger partial charge in [-0.05, 0) is 56.7 Å². The lowest BCUT2D eigenvalue weighted by molar-refractivity contribution is 0.0600. The Balaban J connectivity index is 1.72. The fraction of sp³-hybridized carbons (Fsp3) is 0.400. The van der Waals surface area contributed by atoms with Crippen molar-refractivity contribution in [1.29, 1.82) is 0 Å². The number of aryl methyl sites for hydroxylation is 2. The van der Waals surface area contributed by atoms with E-state index in [0.717, 1.165) is 43.4 Å². The number of aromatic hydroxyl groups is 1. The first-order valence-electron chi connectivity index (χ1n) is 8.83. The molecule has 1 aromatic heterocycles. The monoisotopic (exact) mass is 340 g/mol. The minimum atomic E-state index is -0.218. The first kappa shape index (κ1) is 17.3. The molecule has 0 saturated carbocycles. The number of nitrogens with zero attached hydrogens (tertiary/aromatic N) is 1. The number of rotatable bonds is 4. The molecule has 2 N–H and O–H groups in total. The molecule has 1 atom stereocenters. The zero-order valence-corrected chi connectivity index (χ0v) is 14.5. The Morgan fingerprint density at radius 2 is 2.04 bits per heavy atom. The number of benzene rings is 1. The van der Waals surface area contributed by atoms with Crippen molar-refractivity contribution >= 4 is 5.91 Å². The number of pyridine rings is 1. The molecular formula is C20H24N2O3. The summed E-state index contributed by atoms with van der Waals surface area (Å²) in [5.41, 5.74) is 1.90. The van der Waals surface area contributed by atoms with Crippen molar-refractivity contribution in [2.75, 3.05) is 6.54 Å². The van der Waals surface area contributed by atoms with Crippen LogP contribution in [0.5, 0.6) is 5.75 Å². The lowest BCUT2D eigenvalue weighted by atomic mass is 9.95. The van der Waals surface area contributed by atoms with E-state index in [1.165, 1.54) is 12.3 Å². The van der Waals surface area contributed by atoms with Crippen molar-refractivity contribution in [2.45, 2.75) is 45.1 Å². The van der Waals surface area contributed by atoms with E-state index in [9.17, 15) is 14.7 Å². The molecule has 25 heavy (non-hydrogen) atoms. The largest absolute Gasteiger partial charge is 0.508 e. The highest BCUT2D eigenvalue weighted by Gasteiger charge is 2.28. The van der Waals surface area contributed by atoms with Gasteiger partial charge in [-0.15, -0.1) is 0 Å². The molecule has 5 nitrogen and oxygen atoms in total. The van der Waals surface area contributed by atoms with Crippen LogP contribution in [0.2, 0.25) is 0 Å². The molecule has 1 fully saturated rings. The van der Waals surface area contributed by atoms with E-state index >= 15 is 0 Å². The van der Waals surface area contributed by atoms with Gasteiger partial charge in [-0.1, -0.05) is 12.1 Å². The van der Waals surface area contributed by atoms with Crippen molar-refractivity contribution in [2.24, 2.45) is 0 Å². The zero-order valence-electron chi connectivity index (χ0n) is 14.5. The van der Waals surface area contributed by atoms with Gasteiger partial charge >= 0.3 is 0 Å². The Morgan fingerprint density at radius 3 is 2.76 bits per heavy atom. The van der Waals surface area contributed by atoms with E-state index in [2.05, 4.69) is 4.98 Å². The molecule has 1 amide bonds. The van der Waals surface area contributed by atoms with Crippen LogP contribution in [0.25, 0.3) is 0 Å². The number of hydrogen-bond acceptors (Lipinski definition) is 3. The van der Waals surface area contributed by atoms with E-state index in [1.54, 1.807) is 19.1 Å². The maximum Gasteiger partial charge on any atom is 0.259 e. The first-order chi connectivity index (χ1) is 12.0. The van der Waals surface area contributed by atoms with Gasteiger partial charge in [0.15, 0.2) is 5.43 Å². The van der Waals surface area contributed by atoms with Crippen molar-refractivity contribution in [3.05, 3.63) is 63.6 Å². The summed E-state index contributed by atoms with van der Waals surface area (Å²) in [6.45, 7) is 2.50. The number of H-pyrrole nitrogens is 1. The second-order valence-corrected chi connectivity index (χ2v) is 6.75. The number of nitrogens with one attached hydrogen (secondary N) is 1. The lowest BCUT2D eigenvalue weighted by Gasteiger charge is -2.36. The molecule has 2 aromatic rings. The highest BCUT2D eigenvalue weighted by Crippen LogP contribution is 2.23. The molecule has 0 spiro atoms. The molecule has 132 valence electrons. The molecule has 2 heterocycles. The lowest BCUT2D eigenvalue weighted by Crippen LogP contribution is -2.45. The quantitative estimate of drug-likeness (QED) is 0.898. The molecule has 5 heteroatoms. The van der Waals surface area contributed by atoms with Gasteiger partial charge in [0, 0.05) is 30.5 Å². The summed E-state index contributed by atoms with van der Waals surface area (Å²) >= 11 is 0. The van der Waals surface area contributed by atoms with Gasteiger partial charge in [-0.3, -0.25) is 9.59 Å². The summed E-state index contributed by atoms with van der Waals surface area (Å²) in [4.78, 5) is 29.9. The van der Waals surface area contributed by atoms with Crippen LogP contribution >= 0.6 is 0 Å². The maximum absolute atomic E-state index is 12.9. The number of carbonyl (C=O) groups excluding carboxylic acids is 1. The number of phenolic OH excluding ortho intramolecular Hbond substituents is 1. The number of phenols is 1. The van der Waals surface area contributed by atoms with Gasteiger partial charge in [-0.25, -0.2) is 0 Å². The van der Waals surface area contributed by atoms with Crippen LogP contribution in [0, 0.1) is 6.92 Å². The van der Waals surface area contributed by atoms with E-state index in [1.807, 2.05) is 17.0 Å². The summed E-state index contributed by atoms with van der Waals surface area (Å²) in [6, 6.07) is 8.82. The molecule has 3 rings (SSSR count). The molecule has 0 radical (unpaired) electrons. The zero-order chi connectivity index (χ0) is 17.8. The molecule has 1 aromatic carbocycles. The minimum Gasteiger partial charge on any atom is -0.508 e. The SMILES string of the molecule is Cc1cc(=O)c(C(=O)N2CCCC[C@@H]2CCc2ccc(O)cc2)c[nH]1. The summed E-state index contributed by atoms with van der Waals surface area (Å²) < 4.78 is 0. The third kappa shape index (κ3) is 4.10. The summed E-state index contributed by atoms with van der Waals surface area (Å²) in [5, 5.41) is 9.37. The van der Waals surface area contributed by atoms with E-state index in [4.69, 9.17) is 0 Å². The average molecular weight is 340 g/mol. The number of amides is 1. The Morgan fingerprint density at radius 1 is 1.28 bits per heavy atom. The number of hydrogen-bond donors (Lipinski definition) is 2. The molecule has 1 saturated heterocycles. The molecular weight excluding hydrogens is 316 g/mol. The Bertz CT molecular complexity index is 795. The van der Waals surface area contributed by atoms with Crippen LogP contribution in [0.1, 0.15) is 47.3 Å². The second-order valence-electron chi connectivity index (χ2n) is 6.75. The Labute approximate surface area is 147 Å². The fourth-order valence-electron chi connectivity index (χ4n) is 3.46. The molecule has 0 unspecified atom stereocenters. The van der Waals surface area contributed by atoms with Gasteiger partial charge in [-0.2, -0.15) is 0 Å². The highest BCUT2D eigenvalue weighted by atomic mass is 16.3. The van der Waals surface area contributed by atoms with E-state index in [-0.39, 0.29) is 28.7 Å². The molecule has 0 aliphatic carbocycles. The normalized spacial score (nSPS) is 17.5. The van der Waals surface area contributed by atoms with Crippen LogP contribution < -0.4 is 5.43 Å². The van der Waals surface area contributed by atoms with Gasteiger partial charge in [0.2, 0.25) is 0 Å². The predicted octanol–water partition coefficient (Wildman–Crippen LogP) is 3.02. The third-order valence-corrected chi connectivity index (χ3v) is 4.88. The summed E-state index contributed by atoms with van der Waals surface area (Å²) in [7, 11) is 0. The molecule has 1 aliphatic heterocycles. The number of aromatic nitrogens is 1. The topological polar surface area (TPSA) is 73.4 Å². The van der Waals surface area contributed by atoms with Crippen molar-refractivity contribution in [3.8, 4) is 5.75 Å². The summed E-state index contributed by atoms with van der Waals surface area (Å²) in [6.07, 6.45) is 6.29. The van der Waals surface area contributed by atoms with Crippen molar-refractivity contribution in [3.63, 3.8) is 0 Å². The highest BCUT2D eigenvalue weighted by molar-refractivity contribution is 5.94. The van der Waals surface area contributed by atoms with Gasteiger partial charge in [0.05, 0.1) is 0 Å². The van der Waals surface area contributed by atoms with Crippen LogP contribution in [-0.2, 0) is 6.42 Å². The third-order valence-electron chi connectivity index (χ3n) is 4.88. The Kier molecular flexibility index (Phi) is 5.22. The summed E-state index contributed by atoms with van der Waals surface area (Å²) in [5.74, 6) is 0.0912. The number of carbonyl (C=O) groups is 1. The van der Waals surface area contributed by atoms with Crippen LogP contribution in [-0.4, -0.2) is 33.5 Å². The fourth-order valence-corrected chi connectivity index (χ4v) is 3.46. The van der Waals surface area contributed by atoms with Crippen LogP contribution in [0.3, 0.4) is 0 Å².